The van der Waals surface area contributed by atoms with Gasteiger partial charge in [0.2, 0.25) is 0 Å². The van der Waals surface area contributed by atoms with Gasteiger partial charge in [-0.2, -0.15) is 5.26 Å². The van der Waals surface area contributed by atoms with Crippen LogP contribution in [-0.4, -0.2) is 0 Å². The van der Waals surface area contributed by atoms with Gasteiger partial charge in [0, 0.05) is 5.33 Å². The quantitative estimate of drug-likeness (QED) is 0.685. The normalized spacial score (nSPS) is 10.0. The molecule has 96 valence electrons. The van der Waals surface area contributed by atoms with Crippen molar-refractivity contribution in [2.75, 3.05) is 0 Å². The molecule has 0 unspecified atom stereocenters. The van der Waals surface area contributed by atoms with Crippen LogP contribution in [0.2, 0.25) is 0 Å². The first-order chi connectivity index (χ1) is 9.13. The zero-order valence-corrected chi connectivity index (χ0v) is 12.8. The highest BCUT2D eigenvalue weighted by molar-refractivity contribution is 9.10. The van der Waals surface area contributed by atoms with Gasteiger partial charge >= 0.3 is 0 Å². The summed E-state index contributed by atoms with van der Waals surface area (Å²) >= 11 is 6.74. The van der Waals surface area contributed by atoms with Crippen molar-refractivity contribution in [3.8, 4) is 17.6 Å². The fraction of sp³-hybridized carbons (Fsp3) is 0.0714. The van der Waals surface area contributed by atoms with Crippen molar-refractivity contribution >= 4 is 31.9 Å². The van der Waals surface area contributed by atoms with Crippen molar-refractivity contribution in [3.63, 3.8) is 0 Å². The van der Waals surface area contributed by atoms with Crippen molar-refractivity contribution < 1.29 is 9.13 Å². The molecule has 0 amide bonds. The third-order valence-corrected chi connectivity index (χ3v) is 3.70. The molecule has 0 radical (unpaired) electrons. The minimum absolute atomic E-state index is 0.0892. The lowest BCUT2D eigenvalue weighted by molar-refractivity contribution is 0.440. The third-order valence-electron chi connectivity index (χ3n) is 2.43. The number of rotatable bonds is 3. The molecule has 0 N–H and O–H groups in total. The van der Waals surface area contributed by atoms with Gasteiger partial charge < -0.3 is 4.74 Å². The van der Waals surface area contributed by atoms with Crippen molar-refractivity contribution in [2.24, 2.45) is 0 Å². The van der Waals surface area contributed by atoms with Gasteiger partial charge in [-0.3, -0.25) is 0 Å². The summed E-state index contributed by atoms with van der Waals surface area (Å²) in [4.78, 5) is 0. The Morgan fingerprint density at radius 3 is 2.47 bits per heavy atom. The van der Waals surface area contributed by atoms with Crippen molar-refractivity contribution in [1.29, 1.82) is 5.26 Å². The summed E-state index contributed by atoms with van der Waals surface area (Å²) in [6.45, 7) is 0. The van der Waals surface area contributed by atoms with Crippen molar-refractivity contribution in [3.05, 3.63) is 57.8 Å². The molecule has 0 spiro atoms. The Morgan fingerprint density at radius 1 is 1.16 bits per heavy atom. The van der Waals surface area contributed by atoms with Crippen LogP contribution < -0.4 is 4.74 Å². The number of alkyl halides is 1. The molecule has 0 aliphatic rings. The van der Waals surface area contributed by atoms with Gasteiger partial charge in [-0.05, 0) is 51.8 Å². The van der Waals surface area contributed by atoms with Crippen molar-refractivity contribution in [2.45, 2.75) is 5.33 Å². The van der Waals surface area contributed by atoms with E-state index in [1.807, 2.05) is 18.2 Å². The predicted octanol–water partition coefficient (Wildman–Crippen LogP) is 5.15. The summed E-state index contributed by atoms with van der Waals surface area (Å²) in [6, 6.07) is 11.5. The first-order valence-electron chi connectivity index (χ1n) is 5.36. The fourth-order valence-corrected chi connectivity index (χ4v) is 2.34. The topological polar surface area (TPSA) is 33.0 Å². The molecule has 0 saturated carbocycles. The largest absolute Gasteiger partial charge is 0.453 e. The SMILES string of the molecule is N#Cc1ccc(Oc2ccc(CBr)cc2Br)c(F)c1. The summed E-state index contributed by atoms with van der Waals surface area (Å²) in [5, 5.41) is 9.41. The van der Waals surface area contributed by atoms with E-state index in [4.69, 9.17) is 10.00 Å². The molecule has 5 heteroatoms. The zero-order chi connectivity index (χ0) is 13.8. The maximum Gasteiger partial charge on any atom is 0.167 e. The number of nitrogens with zero attached hydrogens (tertiary/aromatic N) is 1. The van der Waals surface area contributed by atoms with E-state index in [0.717, 1.165) is 21.4 Å². The molecule has 19 heavy (non-hydrogen) atoms. The van der Waals surface area contributed by atoms with Crippen LogP contribution in [0.5, 0.6) is 11.5 Å². The van der Waals surface area contributed by atoms with Crippen LogP contribution >= 0.6 is 31.9 Å². The molecule has 0 aromatic heterocycles. The first-order valence-corrected chi connectivity index (χ1v) is 7.27. The maximum atomic E-state index is 13.7. The average molecular weight is 385 g/mol. The zero-order valence-electron chi connectivity index (χ0n) is 9.66. The van der Waals surface area contributed by atoms with Crippen LogP contribution in [0.4, 0.5) is 4.39 Å². The minimum Gasteiger partial charge on any atom is -0.453 e. The lowest BCUT2D eigenvalue weighted by Crippen LogP contribution is -1.91. The van der Waals surface area contributed by atoms with E-state index in [1.165, 1.54) is 12.1 Å². The van der Waals surface area contributed by atoms with E-state index in [9.17, 15) is 4.39 Å². The van der Waals surface area contributed by atoms with E-state index < -0.39 is 5.82 Å². The molecule has 2 aromatic rings. The molecule has 2 rings (SSSR count). The highest BCUT2D eigenvalue weighted by atomic mass is 79.9. The third kappa shape index (κ3) is 3.34. The molecule has 0 atom stereocenters. The van der Waals surface area contributed by atoms with Gasteiger partial charge in [-0.15, -0.1) is 0 Å². The standard InChI is InChI=1S/C14H8Br2FNO/c15-7-9-1-3-13(11(16)5-9)19-14-4-2-10(8-18)6-12(14)17/h1-6H,7H2. The second-order valence-corrected chi connectivity index (χ2v) is 5.17. The fourth-order valence-electron chi connectivity index (χ4n) is 1.48. The Balaban J connectivity index is 2.29. The smallest absolute Gasteiger partial charge is 0.167 e. The number of nitriles is 1. The van der Waals surface area contributed by atoms with Crippen LogP contribution in [0.15, 0.2) is 40.9 Å². The van der Waals surface area contributed by atoms with Crippen LogP contribution in [0.25, 0.3) is 0 Å². The summed E-state index contributed by atoms with van der Waals surface area (Å²) in [5.41, 5.74) is 1.35. The molecule has 2 aromatic carbocycles. The Morgan fingerprint density at radius 2 is 1.89 bits per heavy atom. The number of ether oxygens (including phenoxy) is 1. The highest BCUT2D eigenvalue weighted by Gasteiger charge is 2.09. The molecule has 0 aliphatic carbocycles. The first kappa shape index (κ1) is 14.0. The van der Waals surface area contributed by atoms with E-state index in [1.54, 1.807) is 6.07 Å². The highest BCUT2D eigenvalue weighted by Crippen LogP contribution is 2.32. The summed E-state index contributed by atoms with van der Waals surface area (Å²) in [6.07, 6.45) is 0. The van der Waals surface area contributed by atoms with Gasteiger partial charge in [0.25, 0.3) is 0 Å². The van der Waals surface area contributed by atoms with Gasteiger partial charge in [0.1, 0.15) is 5.75 Å². The Labute approximate surface area is 127 Å². The van der Waals surface area contributed by atoms with E-state index in [0.29, 0.717) is 5.75 Å². The Hall–Kier alpha value is -1.38. The van der Waals surface area contributed by atoms with Gasteiger partial charge in [-0.25, -0.2) is 4.39 Å². The second-order valence-electron chi connectivity index (χ2n) is 3.76. The lowest BCUT2D eigenvalue weighted by atomic mass is 10.2. The molecule has 0 saturated heterocycles. The van der Waals surface area contributed by atoms with Crippen LogP contribution in [0, 0.1) is 17.1 Å². The van der Waals surface area contributed by atoms with E-state index in [-0.39, 0.29) is 11.3 Å². The van der Waals surface area contributed by atoms with E-state index in [2.05, 4.69) is 31.9 Å². The number of hydrogen-bond donors (Lipinski definition) is 0. The number of hydrogen-bond acceptors (Lipinski definition) is 2. The molecule has 0 aliphatic heterocycles. The predicted molar refractivity (Wildman–Crippen MR) is 78.0 cm³/mol. The van der Waals surface area contributed by atoms with Crippen LogP contribution in [0.1, 0.15) is 11.1 Å². The molecule has 0 heterocycles. The van der Waals surface area contributed by atoms with Gasteiger partial charge in [0.15, 0.2) is 11.6 Å². The average Bonchev–Trinajstić information content (AvgIpc) is 2.42. The Bertz CT molecular complexity index is 652. The maximum absolute atomic E-state index is 13.7. The molecule has 0 bridgehead atoms. The Kier molecular flexibility index (Phi) is 4.56. The monoisotopic (exact) mass is 383 g/mol. The summed E-state index contributed by atoms with van der Waals surface area (Å²) in [5.74, 6) is 0.0510. The number of halogens is 3. The van der Waals surface area contributed by atoms with Crippen LogP contribution in [0.3, 0.4) is 0 Å². The minimum atomic E-state index is -0.560. The number of benzene rings is 2. The van der Waals surface area contributed by atoms with E-state index >= 15 is 0 Å². The molecular formula is C14H8Br2FNO. The molecule has 2 nitrogen and oxygen atoms in total. The molecular weight excluding hydrogens is 377 g/mol. The lowest BCUT2D eigenvalue weighted by Gasteiger charge is -2.09. The molecule has 0 fully saturated rings. The van der Waals surface area contributed by atoms with Crippen molar-refractivity contribution in [1.82, 2.24) is 0 Å². The second kappa shape index (κ2) is 6.18. The van der Waals surface area contributed by atoms with Crippen LogP contribution in [-0.2, 0) is 5.33 Å². The van der Waals surface area contributed by atoms with Gasteiger partial charge in [0.05, 0.1) is 16.1 Å². The summed E-state index contributed by atoms with van der Waals surface area (Å²) < 4.78 is 19.9. The van der Waals surface area contributed by atoms with Gasteiger partial charge in [-0.1, -0.05) is 22.0 Å². The summed E-state index contributed by atoms with van der Waals surface area (Å²) in [7, 11) is 0.